The number of benzene rings is 2. The minimum Gasteiger partial charge on any atom is -0.354 e. The highest BCUT2D eigenvalue weighted by Crippen LogP contribution is 2.08. The lowest BCUT2D eigenvalue weighted by Gasteiger charge is -2.10. The summed E-state index contributed by atoms with van der Waals surface area (Å²) < 4.78 is 0. The molecule has 0 spiro atoms. The van der Waals surface area contributed by atoms with Gasteiger partial charge in [-0.1, -0.05) is 30.3 Å². The largest absolute Gasteiger partial charge is 0.354 e. The molecule has 0 saturated carbocycles. The van der Waals surface area contributed by atoms with Gasteiger partial charge in [-0.25, -0.2) is 0 Å². The summed E-state index contributed by atoms with van der Waals surface area (Å²) in [5.74, 6) is -0.272. The average molecular weight is 367 g/mol. The summed E-state index contributed by atoms with van der Waals surface area (Å²) >= 11 is 0. The van der Waals surface area contributed by atoms with Crippen LogP contribution >= 0.6 is 0 Å². The summed E-state index contributed by atoms with van der Waals surface area (Å²) in [6.07, 6.45) is 0.951. The highest BCUT2D eigenvalue weighted by Gasteiger charge is 2.08. The summed E-state index contributed by atoms with van der Waals surface area (Å²) in [5.41, 5.74) is 2.22. The number of aryl methyl sites for hydroxylation is 1. The van der Waals surface area contributed by atoms with Crippen molar-refractivity contribution >= 4 is 17.7 Å². The van der Waals surface area contributed by atoms with Crippen LogP contribution in [-0.4, -0.2) is 49.8 Å². The van der Waals surface area contributed by atoms with E-state index in [1.165, 1.54) is 4.90 Å². The fourth-order valence-corrected chi connectivity index (χ4v) is 2.49. The molecule has 0 aromatic heterocycles. The van der Waals surface area contributed by atoms with Crippen LogP contribution in [0, 0.1) is 0 Å². The second kappa shape index (κ2) is 10.1. The number of amides is 3. The van der Waals surface area contributed by atoms with Crippen molar-refractivity contribution in [2.75, 3.05) is 27.2 Å². The predicted molar refractivity (Wildman–Crippen MR) is 105 cm³/mol. The predicted octanol–water partition coefficient (Wildman–Crippen LogP) is 1.87. The van der Waals surface area contributed by atoms with E-state index >= 15 is 0 Å². The molecule has 0 bridgehead atoms. The molecular formula is C21H25N3O3. The van der Waals surface area contributed by atoms with Gasteiger partial charge >= 0.3 is 0 Å². The van der Waals surface area contributed by atoms with Crippen LogP contribution in [-0.2, 0) is 11.2 Å². The van der Waals surface area contributed by atoms with Crippen molar-refractivity contribution in [3.8, 4) is 0 Å². The zero-order valence-electron chi connectivity index (χ0n) is 15.7. The van der Waals surface area contributed by atoms with Gasteiger partial charge in [-0.15, -0.1) is 0 Å². The van der Waals surface area contributed by atoms with E-state index in [1.807, 2.05) is 18.2 Å². The standard InChI is InChI=1S/C21H25N3O3/c1-24(2)21(27)18-11-8-16(9-12-18)10-13-19(25)22-14-15-23-20(26)17-6-4-3-5-7-17/h3-9,11-12H,10,13-15H2,1-2H3,(H,22,25)(H,23,26). The lowest BCUT2D eigenvalue weighted by Crippen LogP contribution is -2.34. The van der Waals surface area contributed by atoms with Gasteiger partial charge in [-0.05, 0) is 36.2 Å². The topological polar surface area (TPSA) is 78.5 Å². The molecule has 27 heavy (non-hydrogen) atoms. The summed E-state index contributed by atoms with van der Waals surface area (Å²) in [5, 5.41) is 5.55. The highest BCUT2D eigenvalue weighted by molar-refractivity contribution is 5.94. The van der Waals surface area contributed by atoms with Gasteiger partial charge in [-0.3, -0.25) is 14.4 Å². The maximum atomic E-state index is 11.9. The number of nitrogens with one attached hydrogen (secondary N) is 2. The van der Waals surface area contributed by atoms with Crippen LogP contribution in [0.15, 0.2) is 54.6 Å². The molecule has 2 rings (SSSR count). The average Bonchev–Trinajstić information content (AvgIpc) is 2.70. The molecule has 0 fully saturated rings. The van der Waals surface area contributed by atoms with Crippen molar-refractivity contribution in [2.45, 2.75) is 12.8 Å². The smallest absolute Gasteiger partial charge is 0.253 e. The van der Waals surface area contributed by atoms with E-state index in [0.717, 1.165) is 5.56 Å². The Morgan fingerprint density at radius 2 is 1.44 bits per heavy atom. The summed E-state index contributed by atoms with van der Waals surface area (Å²) in [4.78, 5) is 37.1. The highest BCUT2D eigenvalue weighted by atomic mass is 16.2. The van der Waals surface area contributed by atoms with Gasteiger partial charge in [0.05, 0.1) is 0 Å². The van der Waals surface area contributed by atoms with Gasteiger partial charge in [0.2, 0.25) is 5.91 Å². The Bertz CT molecular complexity index is 771. The van der Waals surface area contributed by atoms with Gasteiger partial charge in [0.15, 0.2) is 0 Å². The summed E-state index contributed by atoms with van der Waals surface area (Å²) in [6.45, 7) is 0.758. The number of nitrogens with zero attached hydrogens (tertiary/aromatic N) is 1. The van der Waals surface area contributed by atoms with Gasteiger partial charge in [0.25, 0.3) is 11.8 Å². The molecule has 0 heterocycles. The quantitative estimate of drug-likeness (QED) is 0.699. The Hall–Kier alpha value is -3.15. The van der Waals surface area contributed by atoms with Crippen molar-refractivity contribution in [1.82, 2.24) is 15.5 Å². The molecule has 2 aromatic carbocycles. The Balaban J connectivity index is 1.66. The Kier molecular flexibility index (Phi) is 7.55. The molecule has 0 aliphatic carbocycles. The van der Waals surface area contributed by atoms with Crippen LogP contribution in [0.25, 0.3) is 0 Å². The van der Waals surface area contributed by atoms with E-state index in [-0.39, 0.29) is 17.7 Å². The molecule has 0 aliphatic rings. The van der Waals surface area contributed by atoms with E-state index in [2.05, 4.69) is 10.6 Å². The third-order valence-electron chi connectivity index (χ3n) is 4.02. The van der Waals surface area contributed by atoms with Crippen molar-refractivity contribution in [1.29, 1.82) is 0 Å². The molecule has 2 aromatic rings. The number of carbonyl (C=O) groups excluding carboxylic acids is 3. The molecular weight excluding hydrogens is 342 g/mol. The van der Waals surface area contributed by atoms with E-state index in [4.69, 9.17) is 0 Å². The lowest BCUT2D eigenvalue weighted by atomic mass is 10.1. The number of rotatable bonds is 8. The van der Waals surface area contributed by atoms with Gasteiger partial charge < -0.3 is 15.5 Å². The third-order valence-corrected chi connectivity index (χ3v) is 4.02. The second-order valence-electron chi connectivity index (χ2n) is 6.37. The fraction of sp³-hybridized carbons (Fsp3) is 0.286. The van der Waals surface area contributed by atoms with Crippen LogP contribution in [0.4, 0.5) is 0 Å². The molecule has 0 radical (unpaired) electrons. The van der Waals surface area contributed by atoms with E-state index < -0.39 is 0 Å². The van der Waals surface area contributed by atoms with Gasteiger partial charge in [-0.2, -0.15) is 0 Å². The first-order chi connectivity index (χ1) is 13.0. The first kappa shape index (κ1) is 20.2. The second-order valence-corrected chi connectivity index (χ2v) is 6.37. The zero-order valence-corrected chi connectivity index (χ0v) is 15.7. The fourth-order valence-electron chi connectivity index (χ4n) is 2.49. The summed E-state index contributed by atoms with van der Waals surface area (Å²) in [7, 11) is 3.42. The minimum absolute atomic E-state index is 0.0446. The SMILES string of the molecule is CN(C)C(=O)c1ccc(CCC(=O)NCCNC(=O)c2ccccc2)cc1. The van der Waals surface area contributed by atoms with Crippen LogP contribution in [0.1, 0.15) is 32.7 Å². The van der Waals surface area contributed by atoms with Crippen molar-refractivity contribution in [3.63, 3.8) is 0 Å². The van der Waals surface area contributed by atoms with Crippen LogP contribution in [0.5, 0.6) is 0 Å². The normalized spacial score (nSPS) is 10.1. The first-order valence-electron chi connectivity index (χ1n) is 8.88. The third kappa shape index (κ3) is 6.58. The van der Waals surface area contributed by atoms with Crippen molar-refractivity contribution < 1.29 is 14.4 Å². The van der Waals surface area contributed by atoms with Crippen LogP contribution in [0.3, 0.4) is 0 Å². The minimum atomic E-state index is -0.155. The lowest BCUT2D eigenvalue weighted by molar-refractivity contribution is -0.121. The molecule has 2 N–H and O–H groups in total. The molecule has 142 valence electrons. The monoisotopic (exact) mass is 367 g/mol. The molecule has 6 heteroatoms. The molecule has 0 aliphatic heterocycles. The maximum absolute atomic E-state index is 11.9. The summed E-state index contributed by atoms with van der Waals surface area (Å²) in [6, 6.07) is 16.2. The number of hydrogen-bond acceptors (Lipinski definition) is 3. The van der Waals surface area contributed by atoms with E-state index in [1.54, 1.807) is 50.5 Å². The van der Waals surface area contributed by atoms with E-state index in [0.29, 0.717) is 37.1 Å². The maximum Gasteiger partial charge on any atom is 0.253 e. The zero-order chi connectivity index (χ0) is 19.6. The van der Waals surface area contributed by atoms with Crippen LogP contribution < -0.4 is 10.6 Å². The van der Waals surface area contributed by atoms with Crippen molar-refractivity contribution in [2.24, 2.45) is 0 Å². The Labute approximate surface area is 159 Å². The number of carbonyl (C=O) groups is 3. The Morgan fingerprint density at radius 1 is 0.815 bits per heavy atom. The number of hydrogen-bond donors (Lipinski definition) is 2. The van der Waals surface area contributed by atoms with Crippen LogP contribution in [0.2, 0.25) is 0 Å². The molecule has 0 unspecified atom stereocenters. The van der Waals surface area contributed by atoms with E-state index in [9.17, 15) is 14.4 Å². The molecule has 0 saturated heterocycles. The Morgan fingerprint density at radius 3 is 2.07 bits per heavy atom. The first-order valence-corrected chi connectivity index (χ1v) is 8.88. The van der Waals surface area contributed by atoms with Gasteiger partial charge in [0, 0.05) is 44.7 Å². The van der Waals surface area contributed by atoms with Crippen molar-refractivity contribution in [3.05, 3.63) is 71.3 Å². The molecule has 3 amide bonds. The molecule has 0 atom stereocenters. The molecule has 6 nitrogen and oxygen atoms in total. The van der Waals surface area contributed by atoms with Gasteiger partial charge in [0.1, 0.15) is 0 Å².